The van der Waals surface area contributed by atoms with E-state index in [4.69, 9.17) is 4.74 Å². The highest BCUT2D eigenvalue weighted by molar-refractivity contribution is 5.94. The smallest absolute Gasteiger partial charge is 0.332 e. The van der Waals surface area contributed by atoms with Gasteiger partial charge in [-0.15, -0.1) is 0 Å². The number of rotatable bonds is 5. The van der Waals surface area contributed by atoms with Crippen molar-refractivity contribution in [3.05, 3.63) is 29.7 Å². The van der Waals surface area contributed by atoms with E-state index >= 15 is 0 Å². The van der Waals surface area contributed by atoms with Crippen LogP contribution in [0, 0.1) is 0 Å². The largest absolute Gasteiger partial charge is 0.463 e. The van der Waals surface area contributed by atoms with Crippen molar-refractivity contribution in [2.45, 2.75) is 27.3 Å². The molecule has 98 valence electrons. The van der Waals surface area contributed by atoms with Crippen LogP contribution in [0.5, 0.6) is 0 Å². The molecule has 0 spiro atoms. The predicted molar refractivity (Wildman–Crippen MR) is 65.8 cm³/mol. The van der Waals surface area contributed by atoms with Gasteiger partial charge in [-0.3, -0.25) is 9.48 Å². The molecule has 0 saturated carbocycles. The lowest BCUT2D eigenvalue weighted by Gasteiger charge is -2.06. The SMILES string of the molecule is CCOC(=O)/C=C(\C)NC(=O)c1ccnn1CC. The van der Waals surface area contributed by atoms with Crippen molar-refractivity contribution in [2.75, 3.05) is 6.61 Å². The zero-order chi connectivity index (χ0) is 13.5. The summed E-state index contributed by atoms with van der Waals surface area (Å²) in [6, 6.07) is 1.62. The van der Waals surface area contributed by atoms with Crippen LogP contribution < -0.4 is 5.32 Å². The van der Waals surface area contributed by atoms with Gasteiger partial charge in [-0.05, 0) is 26.8 Å². The minimum atomic E-state index is -0.473. The molecule has 6 nitrogen and oxygen atoms in total. The van der Waals surface area contributed by atoms with Crippen molar-refractivity contribution in [2.24, 2.45) is 0 Å². The monoisotopic (exact) mass is 251 g/mol. The van der Waals surface area contributed by atoms with Gasteiger partial charge < -0.3 is 10.1 Å². The number of nitrogens with zero attached hydrogens (tertiary/aromatic N) is 2. The molecule has 0 aromatic carbocycles. The molecule has 0 aliphatic heterocycles. The van der Waals surface area contributed by atoms with Crippen LogP contribution >= 0.6 is 0 Å². The molecule has 1 N–H and O–H groups in total. The summed E-state index contributed by atoms with van der Waals surface area (Å²) in [6.45, 7) is 6.15. The predicted octanol–water partition coefficient (Wildman–Crippen LogP) is 1.10. The first kappa shape index (κ1) is 14.0. The number of nitrogens with one attached hydrogen (secondary N) is 1. The van der Waals surface area contributed by atoms with E-state index in [1.807, 2.05) is 6.92 Å². The molecule has 1 heterocycles. The van der Waals surface area contributed by atoms with Crippen LogP contribution in [0.3, 0.4) is 0 Å². The molecule has 0 bridgehead atoms. The third-order valence-electron chi connectivity index (χ3n) is 2.18. The Balaban J connectivity index is 2.68. The van der Waals surface area contributed by atoms with Crippen LogP contribution in [0.1, 0.15) is 31.3 Å². The molecule has 0 saturated heterocycles. The maximum Gasteiger partial charge on any atom is 0.332 e. The van der Waals surface area contributed by atoms with Crippen molar-refractivity contribution in [1.82, 2.24) is 15.1 Å². The number of hydrogen-bond acceptors (Lipinski definition) is 4. The highest BCUT2D eigenvalue weighted by atomic mass is 16.5. The van der Waals surface area contributed by atoms with Gasteiger partial charge in [0.15, 0.2) is 0 Å². The molecular weight excluding hydrogens is 234 g/mol. The topological polar surface area (TPSA) is 73.2 Å². The molecular formula is C12H17N3O3. The van der Waals surface area contributed by atoms with Gasteiger partial charge in [0.2, 0.25) is 0 Å². The van der Waals surface area contributed by atoms with Crippen molar-refractivity contribution in [3.8, 4) is 0 Å². The van der Waals surface area contributed by atoms with Crippen molar-refractivity contribution in [1.29, 1.82) is 0 Å². The Morgan fingerprint density at radius 1 is 1.50 bits per heavy atom. The fourth-order valence-corrected chi connectivity index (χ4v) is 1.42. The molecule has 1 amide bonds. The molecule has 0 atom stereocenters. The second kappa shape index (κ2) is 6.58. The van der Waals surface area contributed by atoms with Crippen molar-refractivity contribution in [3.63, 3.8) is 0 Å². The zero-order valence-corrected chi connectivity index (χ0v) is 10.8. The Morgan fingerprint density at radius 2 is 2.22 bits per heavy atom. The van der Waals surface area contributed by atoms with Gasteiger partial charge in [0.05, 0.1) is 6.61 Å². The highest BCUT2D eigenvalue weighted by Crippen LogP contribution is 2.00. The van der Waals surface area contributed by atoms with Gasteiger partial charge in [0, 0.05) is 24.5 Å². The number of hydrogen-bond donors (Lipinski definition) is 1. The molecule has 0 radical (unpaired) electrons. The summed E-state index contributed by atoms with van der Waals surface area (Å²) in [4.78, 5) is 23.0. The van der Waals surface area contributed by atoms with Gasteiger partial charge >= 0.3 is 5.97 Å². The summed E-state index contributed by atoms with van der Waals surface area (Å²) in [7, 11) is 0. The first-order chi connectivity index (χ1) is 8.58. The number of allylic oxidation sites excluding steroid dienone is 1. The summed E-state index contributed by atoms with van der Waals surface area (Å²) in [6.07, 6.45) is 2.80. The third kappa shape index (κ3) is 3.73. The molecule has 1 aromatic rings. The normalized spacial score (nSPS) is 11.2. The lowest BCUT2D eigenvalue weighted by atomic mass is 10.3. The minimum absolute atomic E-state index is 0.299. The van der Waals surface area contributed by atoms with Crippen molar-refractivity contribution < 1.29 is 14.3 Å². The molecule has 0 fully saturated rings. The maximum absolute atomic E-state index is 11.9. The van der Waals surface area contributed by atoms with Crippen LogP contribution in [-0.2, 0) is 16.1 Å². The standard InChI is InChI=1S/C12H17N3O3/c1-4-15-10(6-7-13-15)12(17)14-9(3)8-11(16)18-5-2/h6-8H,4-5H2,1-3H3,(H,14,17)/b9-8+. The highest BCUT2D eigenvalue weighted by Gasteiger charge is 2.11. The van der Waals surface area contributed by atoms with Crippen LogP contribution in [0.4, 0.5) is 0 Å². The van der Waals surface area contributed by atoms with Crippen LogP contribution in [0.15, 0.2) is 24.0 Å². The Labute approximate surface area is 106 Å². The van der Waals surface area contributed by atoms with Gasteiger partial charge in [-0.1, -0.05) is 0 Å². The Hall–Kier alpha value is -2.11. The van der Waals surface area contributed by atoms with E-state index in [0.29, 0.717) is 24.5 Å². The van der Waals surface area contributed by atoms with E-state index in [1.54, 1.807) is 30.8 Å². The third-order valence-corrected chi connectivity index (χ3v) is 2.18. The Morgan fingerprint density at radius 3 is 2.83 bits per heavy atom. The summed E-state index contributed by atoms with van der Waals surface area (Å²) in [5.74, 6) is -0.772. The van der Waals surface area contributed by atoms with E-state index in [1.165, 1.54) is 6.08 Å². The number of ether oxygens (including phenoxy) is 1. The molecule has 6 heteroatoms. The lowest BCUT2D eigenvalue weighted by Crippen LogP contribution is -2.25. The first-order valence-electron chi connectivity index (χ1n) is 5.76. The molecule has 1 aromatic heterocycles. The molecule has 0 unspecified atom stereocenters. The van der Waals surface area contributed by atoms with Gasteiger partial charge in [0.1, 0.15) is 5.69 Å². The lowest BCUT2D eigenvalue weighted by molar-refractivity contribution is -0.137. The number of esters is 1. The average molecular weight is 251 g/mol. The number of carbonyl (C=O) groups is 2. The molecule has 0 aliphatic carbocycles. The molecule has 0 aliphatic rings. The summed E-state index contributed by atoms with van der Waals surface area (Å²) in [5.41, 5.74) is 0.886. The average Bonchev–Trinajstić information content (AvgIpc) is 2.76. The second-order valence-corrected chi connectivity index (χ2v) is 3.57. The second-order valence-electron chi connectivity index (χ2n) is 3.57. The van der Waals surface area contributed by atoms with Crippen molar-refractivity contribution >= 4 is 11.9 Å². The van der Waals surface area contributed by atoms with E-state index in [2.05, 4.69) is 10.4 Å². The molecule has 1 rings (SSSR count). The van der Waals surface area contributed by atoms with Gasteiger partial charge in [-0.25, -0.2) is 4.79 Å². The van der Waals surface area contributed by atoms with E-state index < -0.39 is 5.97 Å². The van der Waals surface area contributed by atoms with Crippen LogP contribution in [0.2, 0.25) is 0 Å². The van der Waals surface area contributed by atoms with Crippen LogP contribution in [-0.4, -0.2) is 28.3 Å². The summed E-state index contributed by atoms with van der Waals surface area (Å²) < 4.78 is 6.32. The minimum Gasteiger partial charge on any atom is -0.463 e. The Bertz CT molecular complexity index is 463. The van der Waals surface area contributed by atoms with E-state index in [0.717, 1.165) is 0 Å². The number of amides is 1. The summed E-state index contributed by atoms with van der Waals surface area (Å²) in [5, 5.41) is 6.60. The summed E-state index contributed by atoms with van der Waals surface area (Å²) >= 11 is 0. The zero-order valence-electron chi connectivity index (χ0n) is 10.8. The number of aryl methyl sites for hydroxylation is 1. The fourth-order valence-electron chi connectivity index (χ4n) is 1.42. The number of aromatic nitrogens is 2. The van der Waals surface area contributed by atoms with Crippen LogP contribution in [0.25, 0.3) is 0 Å². The van der Waals surface area contributed by atoms with E-state index in [9.17, 15) is 9.59 Å². The number of carbonyl (C=O) groups excluding carboxylic acids is 2. The Kier molecular flexibility index (Phi) is 5.10. The molecule has 18 heavy (non-hydrogen) atoms. The maximum atomic E-state index is 11.9. The van der Waals surface area contributed by atoms with E-state index in [-0.39, 0.29) is 5.91 Å². The van der Waals surface area contributed by atoms with Gasteiger partial charge in [0.25, 0.3) is 5.91 Å². The van der Waals surface area contributed by atoms with Gasteiger partial charge in [-0.2, -0.15) is 5.10 Å². The quantitative estimate of drug-likeness (QED) is 0.628. The first-order valence-corrected chi connectivity index (χ1v) is 5.76. The fraction of sp³-hybridized carbons (Fsp3) is 0.417.